The standard InChI is InChI=1S/C13H13FN4O2S/c1-7-16-11(6-21-7)12(19)17-8-3-4-9(14)10(5-8)18-13(20)15-2/h3-6H,1-2H3,(H,17,19)(H2,15,18,20). The molecule has 0 aliphatic carbocycles. The van der Waals surface area contributed by atoms with E-state index in [2.05, 4.69) is 20.9 Å². The van der Waals surface area contributed by atoms with Gasteiger partial charge in [0.1, 0.15) is 11.5 Å². The summed E-state index contributed by atoms with van der Waals surface area (Å²) in [7, 11) is 1.42. The highest BCUT2D eigenvalue weighted by Crippen LogP contribution is 2.20. The predicted octanol–water partition coefficient (Wildman–Crippen LogP) is 2.59. The number of nitrogens with zero attached hydrogens (tertiary/aromatic N) is 1. The van der Waals surface area contributed by atoms with Gasteiger partial charge in [-0.2, -0.15) is 0 Å². The van der Waals surface area contributed by atoms with Gasteiger partial charge in [-0.05, 0) is 25.1 Å². The summed E-state index contributed by atoms with van der Waals surface area (Å²) < 4.78 is 13.6. The first-order chi connectivity index (χ1) is 9.99. The molecule has 110 valence electrons. The minimum Gasteiger partial charge on any atom is -0.341 e. The van der Waals surface area contributed by atoms with E-state index in [1.165, 1.54) is 30.5 Å². The Bertz CT molecular complexity index is 687. The molecule has 1 aromatic heterocycles. The number of hydrogen-bond acceptors (Lipinski definition) is 4. The van der Waals surface area contributed by atoms with Crippen molar-refractivity contribution in [2.24, 2.45) is 0 Å². The number of carbonyl (C=O) groups excluding carboxylic acids is 2. The molecular formula is C13H13FN4O2S. The maximum atomic E-state index is 13.6. The van der Waals surface area contributed by atoms with Crippen molar-refractivity contribution in [3.05, 3.63) is 40.1 Å². The molecule has 0 bridgehead atoms. The Labute approximate surface area is 124 Å². The molecule has 0 unspecified atom stereocenters. The number of halogens is 1. The molecule has 1 heterocycles. The molecule has 2 aromatic rings. The van der Waals surface area contributed by atoms with E-state index in [0.29, 0.717) is 11.4 Å². The number of carbonyl (C=O) groups is 2. The third-order valence-electron chi connectivity index (χ3n) is 2.55. The fourth-order valence-electron chi connectivity index (χ4n) is 1.55. The number of amides is 3. The number of aryl methyl sites for hydroxylation is 1. The molecule has 0 spiro atoms. The third-order valence-corrected chi connectivity index (χ3v) is 3.32. The lowest BCUT2D eigenvalue weighted by molar-refractivity contribution is 0.102. The Hall–Kier alpha value is -2.48. The molecule has 0 saturated carbocycles. The minimum atomic E-state index is -0.596. The summed E-state index contributed by atoms with van der Waals surface area (Å²) in [6.45, 7) is 1.80. The second-order valence-corrected chi connectivity index (χ2v) is 5.17. The monoisotopic (exact) mass is 308 g/mol. The summed E-state index contributed by atoms with van der Waals surface area (Å²) in [4.78, 5) is 27.2. The normalized spacial score (nSPS) is 10.0. The van der Waals surface area contributed by atoms with Crippen LogP contribution < -0.4 is 16.0 Å². The molecule has 3 amide bonds. The first kappa shape index (κ1) is 14.9. The summed E-state index contributed by atoms with van der Waals surface area (Å²) in [6.07, 6.45) is 0. The van der Waals surface area contributed by atoms with Gasteiger partial charge in [-0.25, -0.2) is 14.2 Å². The Morgan fingerprint density at radius 3 is 2.67 bits per heavy atom. The third kappa shape index (κ3) is 3.76. The van der Waals surface area contributed by atoms with Gasteiger partial charge in [-0.1, -0.05) is 0 Å². The van der Waals surface area contributed by atoms with Crippen molar-refractivity contribution >= 4 is 34.6 Å². The van der Waals surface area contributed by atoms with E-state index in [1.807, 2.05) is 0 Å². The van der Waals surface area contributed by atoms with Crippen LogP contribution in [0.15, 0.2) is 23.6 Å². The van der Waals surface area contributed by atoms with Gasteiger partial charge in [0, 0.05) is 18.1 Å². The molecular weight excluding hydrogens is 295 g/mol. The van der Waals surface area contributed by atoms with E-state index < -0.39 is 17.8 Å². The Morgan fingerprint density at radius 2 is 2.05 bits per heavy atom. The van der Waals surface area contributed by atoms with Crippen molar-refractivity contribution in [2.75, 3.05) is 17.7 Å². The zero-order chi connectivity index (χ0) is 15.4. The SMILES string of the molecule is CNC(=O)Nc1cc(NC(=O)c2csc(C)n2)ccc1F. The summed E-state index contributed by atoms with van der Waals surface area (Å²) in [5.74, 6) is -0.988. The molecule has 3 N–H and O–H groups in total. The molecule has 0 atom stereocenters. The highest BCUT2D eigenvalue weighted by molar-refractivity contribution is 7.09. The van der Waals surface area contributed by atoms with Crippen molar-refractivity contribution in [1.82, 2.24) is 10.3 Å². The lowest BCUT2D eigenvalue weighted by Gasteiger charge is -2.09. The number of thiazole rings is 1. The van der Waals surface area contributed by atoms with Crippen molar-refractivity contribution in [3.63, 3.8) is 0 Å². The number of hydrogen-bond donors (Lipinski definition) is 3. The molecule has 0 fully saturated rings. The van der Waals surface area contributed by atoms with Crippen LogP contribution in [-0.2, 0) is 0 Å². The molecule has 6 nitrogen and oxygen atoms in total. The van der Waals surface area contributed by atoms with E-state index in [4.69, 9.17) is 0 Å². The van der Waals surface area contributed by atoms with Crippen molar-refractivity contribution in [3.8, 4) is 0 Å². The van der Waals surface area contributed by atoms with E-state index in [-0.39, 0.29) is 5.69 Å². The van der Waals surface area contributed by atoms with Crippen LogP contribution in [0.25, 0.3) is 0 Å². The number of benzene rings is 1. The maximum absolute atomic E-state index is 13.6. The van der Waals surface area contributed by atoms with Crippen LogP contribution in [0.3, 0.4) is 0 Å². The van der Waals surface area contributed by atoms with Crippen molar-refractivity contribution < 1.29 is 14.0 Å². The maximum Gasteiger partial charge on any atom is 0.319 e. The van der Waals surface area contributed by atoms with Crippen LogP contribution in [0.1, 0.15) is 15.5 Å². The smallest absolute Gasteiger partial charge is 0.319 e. The minimum absolute atomic E-state index is 0.0263. The molecule has 0 saturated heterocycles. The van der Waals surface area contributed by atoms with Crippen LogP contribution in [0.4, 0.5) is 20.6 Å². The van der Waals surface area contributed by atoms with Crippen LogP contribution in [0.5, 0.6) is 0 Å². The highest BCUT2D eigenvalue weighted by atomic mass is 32.1. The zero-order valence-corrected chi connectivity index (χ0v) is 12.2. The van der Waals surface area contributed by atoms with Gasteiger partial charge in [-0.3, -0.25) is 4.79 Å². The quantitative estimate of drug-likeness (QED) is 0.815. The Kier molecular flexibility index (Phi) is 4.49. The first-order valence-electron chi connectivity index (χ1n) is 6.01. The lowest BCUT2D eigenvalue weighted by atomic mass is 10.2. The Morgan fingerprint density at radius 1 is 1.29 bits per heavy atom. The van der Waals surface area contributed by atoms with Gasteiger partial charge < -0.3 is 16.0 Å². The van der Waals surface area contributed by atoms with Crippen LogP contribution in [0, 0.1) is 12.7 Å². The largest absolute Gasteiger partial charge is 0.341 e. The fourth-order valence-corrected chi connectivity index (χ4v) is 2.14. The van der Waals surface area contributed by atoms with Gasteiger partial charge in [0.05, 0.1) is 10.7 Å². The second kappa shape index (κ2) is 6.31. The zero-order valence-electron chi connectivity index (χ0n) is 11.4. The van der Waals surface area contributed by atoms with E-state index in [1.54, 1.807) is 12.3 Å². The van der Waals surface area contributed by atoms with Gasteiger partial charge in [0.2, 0.25) is 0 Å². The summed E-state index contributed by atoms with van der Waals surface area (Å²) in [5.41, 5.74) is 0.627. The fraction of sp³-hybridized carbons (Fsp3) is 0.154. The van der Waals surface area contributed by atoms with Crippen LogP contribution in [0.2, 0.25) is 0 Å². The summed E-state index contributed by atoms with van der Waals surface area (Å²) >= 11 is 1.36. The van der Waals surface area contributed by atoms with E-state index >= 15 is 0 Å². The van der Waals surface area contributed by atoms with Crippen molar-refractivity contribution in [2.45, 2.75) is 6.92 Å². The molecule has 21 heavy (non-hydrogen) atoms. The number of aromatic nitrogens is 1. The van der Waals surface area contributed by atoms with E-state index in [0.717, 1.165) is 11.1 Å². The molecule has 0 aliphatic heterocycles. The summed E-state index contributed by atoms with van der Waals surface area (Å²) in [5, 5.41) is 9.66. The van der Waals surface area contributed by atoms with Gasteiger partial charge in [-0.15, -0.1) is 11.3 Å². The second-order valence-electron chi connectivity index (χ2n) is 4.10. The van der Waals surface area contributed by atoms with Crippen LogP contribution in [-0.4, -0.2) is 24.0 Å². The van der Waals surface area contributed by atoms with Gasteiger partial charge in [0.15, 0.2) is 0 Å². The summed E-state index contributed by atoms with van der Waals surface area (Å²) in [6, 6.07) is 3.35. The number of nitrogens with one attached hydrogen (secondary N) is 3. The molecule has 2 rings (SSSR count). The average Bonchev–Trinajstić information content (AvgIpc) is 2.89. The van der Waals surface area contributed by atoms with E-state index in [9.17, 15) is 14.0 Å². The van der Waals surface area contributed by atoms with Crippen LogP contribution >= 0.6 is 11.3 Å². The highest BCUT2D eigenvalue weighted by Gasteiger charge is 2.12. The lowest BCUT2D eigenvalue weighted by Crippen LogP contribution is -2.25. The van der Waals surface area contributed by atoms with Gasteiger partial charge >= 0.3 is 6.03 Å². The molecule has 8 heteroatoms. The first-order valence-corrected chi connectivity index (χ1v) is 6.89. The number of anilines is 2. The molecule has 0 radical (unpaired) electrons. The predicted molar refractivity (Wildman–Crippen MR) is 79.3 cm³/mol. The average molecular weight is 308 g/mol. The van der Waals surface area contributed by atoms with Gasteiger partial charge in [0.25, 0.3) is 5.91 Å². The topological polar surface area (TPSA) is 83.1 Å². The Balaban J connectivity index is 2.15. The van der Waals surface area contributed by atoms with Crippen molar-refractivity contribution in [1.29, 1.82) is 0 Å². The molecule has 1 aromatic carbocycles. The number of urea groups is 1. The molecule has 0 aliphatic rings. The number of rotatable bonds is 3.